The van der Waals surface area contributed by atoms with Crippen molar-refractivity contribution in [3.63, 3.8) is 0 Å². The van der Waals surface area contributed by atoms with E-state index in [-0.39, 0.29) is 11.9 Å². The minimum absolute atomic E-state index is 0.233. The molecule has 5 heteroatoms. The van der Waals surface area contributed by atoms with Crippen molar-refractivity contribution in [3.05, 3.63) is 12.3 Å². The third kappa shape index (κ3) is 1.98. The standard InChI is InChI=1S/C7H11N3O2/c1-5(2)10-4-3-6(9-10)12-7(8)11/h3-5H,1-2H3,(H2,8,11). The molecule has 0 radical (unpaired) electrons. The first-order chi connectivity index (χ1) is 5.59. The molecule has 0 saturated heterocycles. The maximum Gasteiger partial charge on any atom is 0.411 e. The van der Waals surface area contributed by atoms with Crippen LogP contribution in [0.25, 0.3) is 0 Å². The largest absolute Gasteiger partial charge is 0.411 e. The fourth-order valence-corrected chi connectivity index (χ4v) is 0.766. The average Bonchev–Trinajstić information content (AvgIpc) is 2.34. The first-order valence-electron chi connectivity index (χ1n) is 3.62. The summed E-state index contributed by atoms with van der Waals surface area (Å²) >= 11 is 0. The predicted molar refractivity (Wildman–Crippen MR) is 42.8 cm³/mol. The third-order valence-electron chi connectivity index (χ3n) is 1.32. The minimum Gasteiger partial charge on any atom is -0.390 e. The molecule has 12 heavy (non-hydrogen) atoms. The number of hydrogen-bond acceptors (Lipinski definition) is 3. The second-order valence-corrected chi connectivity index (χ2v) is 2.65. The smallest absolute Gasteiger partial charge is 0.390 e. The average molecular weight is 169 g/mol. The number of nitrogens with two attached hydrogens (primary N) is 1. The van der Waals surface area contributed by atoms with Crippen molar-refractivity contribution in [1.82, 2.24) is 9.78 Å². The van der Waals surface area contributed by atoms with Gasteiger partial charge in [-0.3, -0.25) is 4.68 Å². The zero-order valence-corrected chi connectivity index (χ0v) is 7.02. The maximum absolute atomic E-state index is 10.3. The topological polar surface area (TPSA) is 70.1 Å². The fourth-order valence-electron chi connectivity index (χ4n) is 0.766. The Kier molecular flexibility index (Phi) is 2.32. The lowest BCUT2D eigenvalue weighted by atomic mass is 10.4. The van der Waals surface area contributed by atoms with E-state index in [0.717, 1.165) is 0 Å². The van der Waals surface area contributed by atoms with E-state index in [1.807, 2.05) is 13.8 Å². The Morgan fingerprint density at radius 2 is 2.42 bits per heavy atom. The summed E-state index contributed by atoms with van der Waals surface area (Å²) < 4.78 is 6.23. The van der Waals surface area contributed by atoms with E-state index in [1.54, 1.807) is 16.9 Å². The van der Waals surface area contributed by atoms with Crippen LogP contribution in [0.2, 0.25) is 0 Å². The summed E-state index contributed by atoms with van der Waals surface area (Å²) in [5, 5.41) is 3.94. The second kappa shape index (κ2) is 3.25. The van der Waals surface area contributed by atoms with Crippen LogP contribution < -0.4 is 10.5 Å². The van der Waals surface area contributed by atoms with Gasteiger partial charge in [-0.2, -0.15) is 0 Å². The van der Waals surface area contributed by atoms with Gasteiger partial charge in [-0.25, -0.2) is 4.79 Å². The van der Waals surface area contributed by atoms with E-state index in [4.69, 9.17) is 5.73 Å². The Hall–Kier alpha value is -1.52. The normalized spacial score (nSPS) is 10.2. The molecule has 0 aliphatic heterocycles. The summed E-state index contributed by atoms with van der Waals surface area (Å²) in [7, 11) is 0. The molecule has 1 rings (SSSR count). The van der Waals surface area contributed by atoms with E-state index in [0.29, 0.717) is 0 Å². The van der Waals surface area contributed by atoms with Gasteiger partial charge in [0.05, 0.1) is 0 Å². The molecule has 1 aromatic heterocycles. The van der Waals surface area contributed by atoms with E-state index in [2.05, 4.69) is 9.84 Å². The summed E-state index contributed by atoms with van der Waals surface area (Å²) in [6, 6.07) is 1.83. The van der Waals surface area contributed by atoms with Gasteiger partial charge < -0.3 is 10.5 Å². The molecule has 0 aliphatic carbocycles. The van der Waals surface area contributed by atoms with Crippen LogP contribution in [0.1, 0.15) is 19.9 Å². The van der Waals surface area contributed by atoms with E-state index in [1.165, 1.54) is 0 Å². The van der Waals surface area contributed by atoms with E-state index < -0.39 is 6.09 Å². The number of carbonyl (C=O) groups excluding carboxylic acids is 1. The van der Waals surface area contributed by atoms with Crippen molar-refractivity contribution in [3.8, 4) is 5.88 Å². The summed E-state index contributed by atoms with van der Waals surface area (Å²) in [5.41, 5.74) is 4.80. The van der Waals surface area contributed by atoms with E-state index in [9.17, 15) is 4.79 Å². The van der Waals surface area contributed by atoms with Crippen molar-refractivity contribution < 1.29 is 9.53 Å². The molecule has 0 spiro atoms. The molecule has 0 bridgehead atoms. The molecule has 2 N–H and O–H groups in total. The summed E-state index contributed by atoms with van der Waals surface area (Å²) in [6.45, 7) is 3.95. The molecule has 66 valence electrons. The molecule has 0 aromatic carbocycles. The van der Waals surface area contributed by atoms with Crippen molar-refractivity contribution in [2.75, 3.05) is 0 Å². The molecule has 0 atom stereocenters. The number of rotatable bonds is 2. The van der Waals surface area contributed by atoms with Gasteiger partial charge in [0, 0.05) is 18.3 Å². The Morgan fingerprint density at radius 3 is 2.83 bits per heavy atom. The molecule has 0 saturated carbocycles. The molecule has 0 aliphatic rings. The summed E-state index contributed by atoms with van der Waals surface area (Å²) in [5.74, 6) is 0.233. The van der Waals surface area contributed by atoms with Crippen LogP contribution in [0.5, 0.6) is 5.88 Å². The highest BCUT2D eigenvalue weighted by molar-refractivity contribution is 5.67. The molecule has 5 nitrogen and oxygen atoms in total. The Labute approximate surface area is 70.1 Å². The number of nitrogens with zero attached hydrogens (tertiary/aromatic N) is 2. The highest BCUT2D eigenvalue weighted by Gasteiger charge is 2.04. The lowest BCUT2D eigenvalue weighted by Gasteiger charge is -2.02. The first-order valence-corrected chi connectivity index (χ1v) is 3.62. The van der Waals surface area contributed by atoms with Crippen LogP contribution in [0.4, 0.5) is 4.79 Å². The minimum atomic E-state index is -0.844. The summed E-state index contributed by atoms with van der Waals surface area (Å²) in [4.78, 5) is 10.3. The van der Waals surface area contributed by atoms with Crippen LogP contribution in [0.3, 0.4) is 0 Å². The second-order valence-electron chi connectivity index (χ2n) is 2.65. The van der Waals surface area contributed by atoms with Gasteiger partial charge in [0.25, 0.3) is 0 Å². The van der Waals surface area contributed by atoms with Crippen molar-refractivity contribution in [1.29, 1.82) is 0 Å². The van der Waals surface area contributed by atoms with Gasteiger partial charge in [0.1, 0.15) is 0 Å². The van der Waals surface area contributed by atoms with Crippen molar-refractivity contribution in [2.24, 2.45) is 5.73 Å². The quantitative estimate of drug-likeness (QED) is 0.715. The highest BCUT2D eigenvalue weighted by Crippen LogP contribution is 2.09. The zero-order valence-electron chi connectivity index (χ0n) is 7.02. The Balaban J connectivity index is 2.70. The van der Waals surface area contributed by atoms with Crippen molar-refractivity contribution in [2.45, 2.75) is 19.9 Å². The third-order valence-corrected chi connectivity index (χ3v) is 1.32. The number of aromatic nitrogens is 2. The van der Waals surface area contributed by atoms with Crippen LogP contribution in [0, 0.1) is 0 Å². The maximum atomic E-state index is 10.3. The van der Waals surface area contributed by atoms with Gasteiger partial charge in [-0.15, -0.1) is 5.10 Å². The SMILES string of the molecule is CC(C)n1ccc(OC(N)=O)n1. The zero-order chi connectivity index (χ0) is 9.14. The Morgan fingerprint density at radius 1 is 1.75 bits per heavy atom. The number of ether oxygens (including phenoxy) is 1. The molecule has 0 fully saturated rings. The highest BCUT2D eigenvalue weighted by atomic mass is 16.6. The molecule has 1 amide bonds. The van der Waals surface area contributed by atoms with Gasteiger partial charge in [-0.05, 0) is 13.8 Å². The van der Waals surface area contributed by atoms with Gasteiger partial charge >= 0.3 is 6.09 Å². The van der Waals surface area contributed by atoms with Crippen molar-refractivity contribution >= 4 is 6.09 Å². The molecular weight excluding hydrogens is 158 g/mol. The Bertz CT molecular complexity index is 280. The molecule has 1 aromatic rings. The van der Waals surface area contributed by atoms with Crippen LogP contribution >= 0.6 is 0 Å². The van der Waals surface area contributed by atoms with Gasteiger partial charge in [0.15, 0.2) is 0 Å². The molecule has 0 unspecified atom stereocenters. The number of amides is 1. The monoisotopic (exact) mass is 169 g/mol. The first kappa shape index (κ1) is 8.58. The molecule has 1 heterocycles. The van der Waals surface area contributed by atoms with Gasteiger partial charge in [-0.1, -0.05) is 0 Å². The number of primary amides is 1. The molecular formula is C7H11N3O2. The fraction of sp³-hybridized carbons (Fsp3) is 0.429. The van der Waals surface area contributed by atoms with Crippen LogP contribution in [0.15, 0.2) is 12.3 Å². The lowest BCUT2D eigenvalue weighted by molar-refractivity contribution is 0.208. The predicted octanol–water partition coefficient (Wildman–Crippen LogP) is 0.921. The lowest BCUT2D eigenvalue weighted by Crippen LogP contribution is -2.16. The van der Waals surface area contributed by atoms with Crippen LogP contribution in [-0.2, 0) is 0 Å². The van der Waals surface area contributed by atoms with Gasteiger partial charge in [0.2, 0.25) is 5.88 Å². The van der Waals surface area contributed by atoms with E-state index >= 15 is 0 Å². The van der Waals surface area contributed by atoms with Crippen LogP contribution in [-0.4, -0.2) is 15.9 Å². The number of hydrogen-bond donors (Lipinski definition) is 1. The number of carbonyl (C=O) groups is 1. The summed E-state index contributed by atoms with van der Waals surface area (Å²) in [6.07, 6.45) is 0.882.